The van der Waals surface area contributed by atoms with Gasteiger partial charge in [0.15, 0.2) is 0 Å². The van der Waals surface area contributed by atoms with Gasteiger partial charge in [0.2, 0.25) is 0 Å². The maximum Gasteiger partial charge on any atom is 0.335 e. The molecule has 6 nitrogen and oxygen atoms in total. The fourth-order valence-electron chi connectivity index (χ4n) is 2.80. The molecule has 1 aliphatic heterocycles. The number of nitrogens with one attached hydrogen (secondary N) is 1. The lowest BCUT2D eigenvalue weighted by atomic mass is 10.0. The summed E-state index contributed by atoms with van der Waals surface area (Å²) in [6.45, 7) is 4.11. The van der Waals surface area contributed by atoms with Crippen molar-refractivity contribution in [3.8, 4) is 5.75 Å². The Hall–Kier alpha value is -3.41. The zero-order valence-corrected chi connectivity index (χ0v) is 15.4. The maximum absolute atomic E-state index is 12.9. The summed E-state index contributed by atoms with van der Waals surface area (Å²) in [5, 5.41) is 2.22. The van der Waals surface area contributed by atoms with Crippen molar-refractivity contribution in [1.29, 1.82) is 0 Å². The predicted molar refractivity (Wildman–Crippen MR) is 103 cm³/mol. The van der Waals surface area contributed by atoms with Crippen molar-refractivity contribution in [3.63, 3.8) is 0 Å². The lowest BCUT2D eigenvalue weighted by Gasteiger charge is -2.26. The van der Waals surface area contributed by atoms with Crippen LogP contribution in [0.25, 0.3) is 6.08 Å². The molecule has 0 bridgehead atoms. The number of ether oxygens (including phenoxy) is 1. The minimum atomic E-state index is -0.759. The van der Waals surface area contributed by atoms with E-state index in [0.717, 1.165) is 10.5 Å². The molecular formula is C21H20N2O4. The summed E-state index contributed by atoms with van der Waals surface area (Å²) in [7, 11) is 1.53. The summed E-state index contributed by atoms with van der Waals surface area (Å²) in [5.74, 6) is -0.452. The van der Waals surface area contributed by atoms with Gasteiger partial charge in [-0.2, -0.15) is 0 Å². The van der Waals surface area contributed by atoms with Gasteiger partial charge in [-0.3, -0.25) is 14.9 Å². The average molecular weight is 364 g/mol. The van der Waals surface area contributed by atoms with Crippen LogP contribution < -0.4 is 15.0 Å². The van der Waals surface area contributed by atoms with Gasteiger partial charge in [-0.25, -0.2) is 9.69 Å². The summed E-state index contributed by atoms with van der Waals surface area (Å²) in [5.41, 5.74) is 2.01. The van der Waals surface area contributed by atoms with Crippen LogP contribution in [0.5, 0.6) is 5.75 Å². The quantitative estimate of drug-likeness (QED) is 0.666. The van der Waals surface area contributed by atoms with Crippen LogP contribution in [0.1, 0.15) is 30.9 Å². The van der Waals surface area contributed by atoms with E-state index < -0.39 is 17.8 Å². The van der Waals surface area contributed by atoms with E-state index >= 15 is 0 Å². The molecule has 0 atom stereocenters. The van der Waals surface area contributed by atoms with Gasteiger partial charge >= 0.3 is 6.03 Å². The second kappa shape index (κ2) is 7.45. The van der Waals surface area contributed by atoms with E-state index in [1.807, 2.05) is 12.1 Å². The number of imide groups is 2. The SMILES string of the molecule is COc1cccc(/C=C2/C(=O)NC(=O)N(c3ccc(C(C)C)cc3)C2=O)c1. The minimum absolute atomic E-state index is 0.115. The third kappa shape index (κ3) is 3.74. The lowest BCUT2D eigenvalue weighted by Crippen LogP contribution is -2.54. The molecular weight excluding hydrogens is 344 g/mol. The van der Waals surface area contributed by atoms with E-state index in [9.17, 15) is 14.4 Å². The maximum atomic E-state index is 12.9. The zero-order chi connectivity index (χ0) is 19.6. The molecule has 4 amide bonds. The molecule has 3 rings (SSSR count). The second-order valence-electron chi connectivity index (χ2n) is 6.48. The van der Waals surface area contributed by atoms with Crippen molar-refractivity contribution in [2.45, 2.75) is 19.8 Å². The number of anilines is 1. The Morgan fingerprint density at radius 2 is 1.74 bits per heavy atom. The van der Waals surface area contributed by atoms with Gasteiger partial charge in [0.25, 0.3) is 11.8 Å². The van der Waals surface area contributed by atoms with Crippen LogP contribution in [-0.4, -0.2) is 25.0 Å². The summed E-state index contributed by atoms with van der Waals surface area (Å²) in [4.78, 5) is 38.3. The monoisotopic (exact) mass is 364 g/mol. The van der Waals surface area contributed by atoms with Gasteiger partial charge < -0.3 is 4.74 Å². The predicted octanol–water partition coefficient (Wildman–Crippen LogP) is 3.49. The van der Waals surface area contributed by atoms with Gasteiger partial charge in [0.1, 0.15) is 11.3 Å². The van der Waals surface area contributed by atoms with Crippen LogP contribution in [0, 0.1) is 0 Å². The number of benzene rings is 2. The van der Waals surface area contributed by atoms with Crippen molar-refractivity contribution in [2.75, 3.05) is 12.0 Å². The van der Waals surface area contributed by atoms with Gasteiger partial charge in [-0.15, -0.1) is 0 Å². The third-order valence-electron chi connectivity index (χ3n) is 4.32. The fraction of sp³-hybridized carbons (Fsp3) is 0.190. The summed E-state index contributed by atoms with van der Waals surface area (Å²) in [6.07, 6.45) is 1.45. The highest BCUT2D eigenvalue weighted by molar-refractivity contribution is 6.39. The minimum Gasteiger partial charge on any atom is -0.497 e. The zero-order valence-electron chi connectivity index (χ0n) is 15.4. The van der Waals surface area contributed by atoms with E-state index in [0.29, 0.717) is 22.9 Å². The molecule has 6 heteroatoms. The molecule has 138 valence electrons. The van der Waals surface area contributed by atoms with E-state index in [1.54, 1.807) is 36.4 Å². The summed E-state index contributed by atoms with van der Waals surface area (Å²) in [6, 6.07) is 13.3. The van der Waals surface area contributed by atoms with E-state index in [4.69, 9.17) is 4.74 Å². The Bertz CT molecular complexity index is 929. The normalized spacial score (nSPS) is 16.1. The van der Waals surface area contributed by atoms with Crippen molar-refractivity contribution >= 4 is 29.6 Å². The molecule has 0 radical (unpaired) electrons. The molecule has 1 fully saturated rings. The van der Waals surface area contributed by atoms with Crippen LogP contribution in [0.3, 0.4) is 0 Å². The van der Waals surface area contributed by atoms with E-state index in [-0.39, 0.29) is 5.57 Å². The first-order valence-corrected chi connectivity index (χ1v) is 8.56. The van der Waals surface area contributed by atoms with Gasteiger partial charge in [0, 0.05) is 0 Å². The number of methoxy groups -OCH3 is 1. The molecule has 1 aliphatic rings. The standard InChI is InChI=1S/C21H20N2O4/c1-13(2)15-7-9-16(10-8-15)23-20(25)18(19(24)22-21(23)26)12-14-5-4-6-17(11-14)27-3/h4-13H,1-3H3,(H,22,24,26)/b18-12-. The highest BCUT2D eigenvalue weighted by atomic mass is 16.5. The molecule has 0 aromatic heterocycles. The Labute approximate surface area is 157 Å². The Morgan fingerprint density at radius 3 is 2.37 bits per heavy atom. The van der Waals surface area contributed by atoms with Gasteiger partial charge in [-0.05, 0) is 47.4 Å². The number of amides is 4. The number of carbonyl (C=O) groups excluding carboxylic acids is 3. The summed E-state index contributed by atoms with van der Waals surface area (Å²) >= 11 is 0. The molecule has 0 aliphatic carbocycles. The summed E-state index contributed by atoms with van der Waals surface area (Å²) < 4.78 is 5.16. The van der Waals surface area contributed by atoms with E-state index in [2.05, 4.69) is 19.2 Å². The Kier molecular flexibility index (Phi) is 5.07. The number of nitrogens with zero attached hydrogens (tertiary/aromatic N) is 1. The van der Waals surface area contributed by atoms with Crippen molar-refractivity contribution in [1.82, 2.24) is 5.32 Å². The van der Waals surface area contributed by atoms with E-state index in [1.165, 1.54) is 13.2 Å². The number of hydrogen-bond donors (Lipinski definition) is 1. The van der Waals surface area contributed by atoms with Crippen LogP contribution >= 0.6 is 0 Å². The number of rotatable bonds is 4. The molecule has 1 heterocycles. The molecule has 27 heavy (non-hydrogen) atoms. The van der Waals surface area contributed by atoms with Crippen LogP contribution in [0.2, 0.25) is 0 Å². The highest BCUT2D eigenvalue weighted by Gasteiger charge is 2.36. The van der Waals surface area contributed by atoms with Crippen molar-refractivity contribution in [3.05, 3.63) is 65.2 Å². The number of barbiturate groups is 1. The molecule has 1 N–H and O–H groups in total. The van der Waals surface area contributed by atoms with Crippen LogP contribution in [0.4, 0.5) is 10.5 Å². The fourth-order valence-corrected chi connectivity index (χ4v) is 2.80. The van der Waals surface area contributed by atoms with Crippen LogP contribution in [0.15, 0.2) is 54.1 Å². The largest absolute Gasteiger partial charge is 0.497 e. The molecule has 2 aromatic carbocycles. The first kappa shape index (κ1) is 18.4. The Balaban J connectivity index is 1.97. The Morgan fingerprint density at radius 1 is 1.04 bits per heavy atom. The topological polar surface area (TPSA) is 75.7 Å². The van der Waals surface area contributed by atoms with Gasteiger partial charge in [0.05, 0.1) is 12.8 Å². The smallest absolute Gasteiger partial charge is 0.335 e. The number of hydrogen-bond acceptors (Lipinski definition) is 4. The number of carbonyl (C=O) groups is 3. The molecule has 0 saturated carbocycles. The molecule has 0 unspecified atom stereocenters. The average Bonchev–Trinajstić information content (AvgIpc) is 2.65. The molecule has 0 spiro atoms. The third-order valence-corrected chi connectivity index (χ3v) is 4.32. The highest BCUT2D eigenvalue weighted by Crippen LogP contribution is 2.25. The van der Waals surface area contributed by atoms with Crippen molar-refractivity contribution in [2.24, 2.45) is 0 Å². The lowest BCUT2D eigenvalue weighted by molar-refractivity contribution is -0.122. The molecule has 1 saturated heterocycles. The van der Waals surface area contributed by atoms with Gasteiger partial charge in [-0.1, -0.05) is 38.1 Å². The first-order chi connectivity index (χ1) is 12.9. The second-order valence-corrected chi connectivity index (χ2v) is 6.48. The van der Waals surface area contributed by atoms with Crippen LogP contribution in [-0.2, 0) is 9.59 Å². The van der Waals surface area contributed by atoms with Crippen molar-refractivity contribution < 1.29 is 19.1 Å². The first-order valence-electron chi connectivity index (χ1n) is 8.56. The molecule has 2 aromatic rings. The number of urea groups is 1.